The fourth-order valence-corrected chi connectivity index (χ4v) is 6.69. The van der Waals surface area contributed by atoms with Crippen molar-refractivity contribution in [3.8, 4) is 0 Å². The van der Waals surface area contributed by atoms with E-state index in [9.17, 15) is 33.6 Å². The van der Waals surface area contributed by atoms with Crippen LogP contribution in [0.25, 0.3) is 0 Å². The average Bonchev–Trinajstić information content (AvgIpc) is 3.79. The van der Waals surface area contributed by atoms with Crippen molar-refractivity contribution in [2.75, 3.05) is 0 Å². The summed E-state index contributed by atoms with van der Waals surface area (Å²) >= 11 is 0. The van der Waals surface area contributed by atoms with Crippen LogP contribution in [0.3, 0.4) is 0 Å². The van der Waals surface area contributed by atoms with Crippen LogP contribution in [0, 0.1) is 17.8 Å². The molecule has 342 valence electrons. The van der Waals surface area contributed by atoms with E-state index in [2.05, 4.69) is 46.9 Å². The summed E-state index contributed by atoms with van der Waals surface area (Å²) < 4.78 is 5.42. The first-order chi connectivity index (χ1) is 30.6. The van der Waals surface area contributed by atoms with Crippen LogP contribution in [0.1, 0.15) is 76.9 Å². The number of aromatic nitrogens is 3. The molecular weight excluding hydrogens is 819 g/mol. The molecule has 0 radical (unpaired) electrons. The molecule has 0 unspecified atom stereocenters. The number of hydrogen-bond acceptors (Lipinski definition) is 10. The minimum atomic E-state index is -1.27. The molecule has 2 aromatic heterocycles. The van der Waals surface area contributed by atoms with E-state index in [0.717, 1.165) is 11.1 Å². The second-order valence-corrected chi connectivity index (χ2v) is 16.5. The van der Waals surface area contributed by atoms with Gasteiger partial charge in [-0.05, 0) is 47.4 Å². The van der Waals surface area contributed by atoms with Gasteiger partial charge in [-0.3, -0.25) is 39.1 Å². The highest BCUT2D eigenvalue weighted by atomic mass is 16.5. The molecule has 7 N–H and O–H groups in total. The van der Waals surface area contributed by atoms with E-state index in [1.54, 1.807) is 87.8 Å². The van der Waals surface area contributed by atoms with Gasteiger partial charge < -0.3 is 36.3 Å². The van der Waals surface area contributed by atoms with Gasteiger partial charge in [0.2, 0.25) is 35.4 Å². The Bertz CT molecular complexity index is 2120. The molecule has 0 aliphatic rings. The van der Waals surface area contributed by atoms with Gasteiger partial charge in [-0.25, -0.2) is 9.78 Å². The first kappa shape index (κ1) is 49.7. The van der Waals surface area contributed by atoms with E-state index in [4.69, 9.17) is 4.74 Å². The number of ether oxygens (including phenoxy) is 1. The number of nitrogens with zero attached hydrogens (tertiary/aromatic N) is 2. The van der Waals surface area contributed by atoms with Gasteiger partial charge in [-0.2, -0.15) is 0 Å². The molecule has 0 fully saturated rings. The summed E-state index contributed by atoms with van der Waals surface area (Å²) in [7, 11) is 0. The van der Waals surface area contributed by atoms with Gasteiger partial charge in [0.1, 0.15) is 36.8 Å². The van der Waals surface area contributed by atoms with Crippen LogP contribution in [-0.2, 0) is 59.4 Å². The number of imidazole rings is 1. The van der Waals surface area contributed by atoms with Crippen molar-refractivity contribution in [2.45, 2.75) is 110 Å². The number of hydrogen-bond donors (Lipinski definition) is 7. The van der Waals surface area contributed by atoms with Gasteiger partial charge in [-0.1, -0.05) is 115 Å². The maximum Gasteiger partial charge on any atom is 0.408 e. The third kappa shape index (κ3) is 16.4. The second kappa shape index (κ2) is 25.3. The Hall–Kier alpha value is -6.91. The molecule has 7 amide bonds. The van der Waals surface area contributed by atoms with E-state index in [1.165, 1.54) is 6.33 Å². The Balaban J connectivity index is 1.50. The van der Waals surface area contributed by atoms with Gasteiger partial charge in [0.05, 0.1) is 18.4 Å². The molecule has 0 saturated carbocycles. The molecular formula is C47H61N9O8. The largest absolute Gasteiger partial charge is 0.445 e. The summed E-state index contributed by atoms with van der Waals surface area (Å²) in [6.07, 6.45) is 4.21. The number of pyridine rings is 1. The maximum absolute atomic E-state index is 14.2. The average molecular weight is 880 g/mol. The van der Waals surface area contributed by atoms with Crippen molar-refractivity contribution >= 4 is 41.5 Å². The molecule has 0 spiro atoms. The highest BCUT2D eigenvalue weighted by Gasteiger charge is 2.35. The van der Waals surface area contributed by atoms with Crippen LogP contribution in [0.5, 0.6) is 0 Å². The molecule has 0 bridgehead atoms. The summed E-state index contributed by atoms with van der Waals surface area (Å²) in [5, 5.41) is 16.1. The normalized spacial score (nSPS) is 13.9. The highest BCUT2D eigenvalue weighted by molar-refractivity contribution is 6.01. The molecule has 4 aromatic rings. The monoisotopic (exact) mass is 879 g/mol. The minimum absolute atomic E-state index is 0.0305. The van der Waals surface area contributed by atoms with Gasteiger partial charge in [0.15, 0.2) is 0 Å². The number of carbonyl (C=O) groups is 7. The number of nitrogens with one attached hydrogen (secondary N) is 7. The second-order valence-electron chi connectivity index (χ2n) is 16.5. The third-order valence-corrected chi connectivity index (χ3v) is 10.4. The topological polar surface area (TPSA) is 242 Å². The number of benzene rings is 2. The van der Waals surface area contributed by atoms with E-state index in [-0.39, 0.29) is 44.1 Å². The van der Waals surface area contributed by atoms with E-state index in [0.29, 0.717) is 17.8 Å². The van der Waals surface area contributed by atoms with Gasteiger partial charge in [0, 0.05) is 30.9 Å². The third-order valence-electron chi connectivity index (χ3n) is 10.4. The number of alkyl carbamates (subject to hydrolysis) is 1. The van der Waals surface area contributed by atoms with Crippen molar-refractivity contribution < 1.29 is 38.3 Å². The zero-order chi connectivity index (χ0) is 46.6. The quantitative estimate of drug-likeness (QED) is 0.0573. The van der Waals surface area contributed by atoms with Crippen molar-refractivity contribution in [3.63, 3.8) is 0 Å². The number of amides is 7. The Morgan fingerprint density at radius 1 is 0.609 bits per heavy atom. The van der Waals surface area contributed by atoms with Gasteiger partial charge in [-0.15, -0.1) is 0 Å². The highest BCUT2D eigenvalue weighted by Crippen LogP contribution is 2.14. The fourth-order valence-electron chi connectivity index (χ4n) is 6.69. The van der Waals surface area contributed by atoms with Crippen LogP contribution in [-0.4, -0.2) is 86.7 Å². The summed E-state index contributed by atoms with van der Waals surface area (Å²) in [6.45, 7) is 10.8. The predicted octanol–water partition coefficient (Wildman–Crippen LogP) is 3.46. The number of carbonyl (C=O) groups excluding carboxylic acids is 7. The molecule has 17 nitrogen and oxygen atoms in total. The van der Waals surface area contributed by atoms with Crippen molar-refractivity contribution in [3.05, 3.63) is 120 Å². The summed E-state index contributed by atoms with van der Waals surface area (Å²) in [5.74, 6) is -4.95. The van der Waals surface area contributed by atoms with Crippen molar-refractivity contribution in [1.82, 2.24) is 46.9 Å². The Morgan fingerprint density at radius 3 is 1.78 bits per heavy atom. The fraction of sp³-hybridized carbons (Fsp3) is 0.426. The molecule has 2 aromatic carbocycles. The first-order valence-corrected chi connectivity index (χ1v) is 21.6. The van der Waals surface area contributed by atoms with Crippen LogP contribution in [0.4, 0.5) is 4.79 Å². The van der Waals surface area contributed by atoms with E-state index < -0.39 is 77.7 Å². The minimum Gasteiger partial charge on any atom is -0.445 e. The Labute approximate surface area is 374 Å². The molecule has 2 heterocycles. The lowest BCUT2D eigenvalue weighted by atomic mass is 9.96. The van der Waals surface area contributed by atoms with E-state index >= 15 is 0 Å². The van der Waals surface area contributed by atoms with Crippen LogP contribution >= 0.6 is 0 Å². The lowest BCUT2D eigenvalue weighted by Gasteiger charge is -2.30. The molecule has 6 atom stereocenters. The molecule has 64 heavy (non-hydrogen) atoms. The molecule has 0 aliphatic heterocycles. The lowest BCUT2D eigenvalue weighted by molar-refractivity contribution is -0.137. The zero-order valence-electron chi connectivity index (χ0n) is 37.3. The Morgan fingerprint density at radius 2 is 1.20 bits per heavy atom. The molecule has 0 saturated heterocycles. The molecule has 4 rings (SSSR count). The Kier molecular flexibility index (Phi) is 19.6. The standard InChI is InChI=1S/C47H61N9O8/c1-7-31(6)41(46(62)54-39(57)25-34-20-14-15-21-49-34)56-45(61)40(30(4)5)55-44(60)36(22-29(2)3)51-43(59)38(24-35-26-48-28-50-35)52-42(58)37(23-32-16-10-8-11-17-32)53-47(63)64-27-33-18-12-9-13-19-33/h8-21,26,28-31,36-38,40-41H,7,22-25,27H2,1-6H3,(H,48,50)(H,51,59)(H,52,58)(H,53,63)(H,55,60)(H,56,61)(H,54,57,62)/t31-,36-,37-,38-,40-,41-/m0/s1. The zero-order valence-corrected chi connectivity index (χ0v) is 37.3. The van der Waals surface area contributed by atoms with E-state index in [1.807, 2.05) is 45.0 Å². The number of H-pyrrole nitrogens is 1. The summed E-state index contributed by atoms with van der Waals surface area (Å²) in [6, 6.07) is 17.3. The SMILES string of the molecule is CC[C@H](C)[C@H](NC(=O)[C@@H](NC(=O)[C@H](CC(C)C)NC(=O)[C@H](Cc1c[nH]cn1)NC(=O)[C@H](Cc1ccccc1)NC(=O)OCc1ccccc1)C(C)C)C(=O)NC(=O)Cc1ccccn1. The number of aromatic amines is 1. The van der Waals surface area contributed by atoms with Crippen LogP contribution in [0.15, 0.2) is 97.6 Å². The number of imide groups is 1. The molecule has 17 heteroatoms. The van der Waals surface area contributed by atoms with Crippen LogP contribution < -0.4 is 31.9 Å². The molecule has 0 aliphatic carbocycles. The maximum atomic E-state index is 14.2. The van der Waals surface area contributed by atoms with Gasteiger partial charge in [0.25, 0.3) is 0 Å². The summed E-state index contributed by atoms with van der Waals surface area (Å²) in [4.78, 5) is 107. The van der Waals surface area contributed by atoms with Crippen molar-refractivity contribution in [2.24, 2.45) is 17.8 Å². The van der Waals surface area contributed by atoms with Crippen LogP contribution in [0.2, 0.25) is 0 Å². The number of rotatable bonds is 23. The van der Waals surface area contributed by atoms with Gasteiger partial charge >= 0.3 is 6.09 Å². The lowest BCUT2D eigenvalue weighted by Crippen LogP contribution is -2.61. The summed E-state index contributed by atoms with van der Waals surface area (Å²) in [5.41, 5.74) is 2.40. The smallest absolute Gasteiger partial charge is 0.408 e. The first-order valence-electron chi connectivity index (χ1n) is 21.6. The van der Waals surface area contributed by atoms with Crippen molar-refractivity contribution in [1.29, 1.82) is 0 Å². The predicted molar refractivity (Wildman–Crippen MR) is 239 cm³/mol.